The van der Waals surface area contributed by atoms with Gasteiger partial charge in [-0.15, -0.1) is 11.3 Å². The van der Waals surface area contributed by atoms with Crippen LogP contribution in [-0.4, -0.2) is 46.7 Å². The maximum absolute atomic E-state index is 13.4. The Bertz CT molecular complexity index is 1410. The van der Waals surface area contributed by atoms with E-state index in [0.717, 1.165) is 11.3 Å². The number of rotatable bonds is 5. The van der Waals surface area contributed by atoms with Gasteiger partial charge in [0.15, 0.2) is 5.13 Å². The molecule has 0 unspecified atom stereocenters. The van der Waals surface area contributed by atoms with E-state index < -0.39 is 15.9 Å². The normalized spacial score (nSPS) is 17.3. The molecule has 5 rings (SSSR count). The maximum Gasteiger partial charge on any atom is 0.243 e. The monoisotopic (exact) mass is 481 g/mol. The van der Waals surface area contributed by atoms with Crippen molar-refractivity contribution in [2.75, 3.05) is 18.4 Å². The van der Waals surface area contributed by atoms with Crippen molar-refractivity contribution in [1.82, 2.24) is 19.3 Å². The van der Waals surface area contributed by atoms with Gasteiger partial charge >= 0.3 is 0 Å². The van der Waals surface area contributed by atoms with E-state index in [0.29, 0.717) is 41.4 Å². The summed E-state index contributed by atoms with van der Waals surface area (Å²) in [6.07, 6.45) is 1.26. The van der Waals surface area contributed by atoms with Gasteiger partial charge in [-0.1, -0.05) is 30.3 Å². The van der Waals surface area contributed by atoms with E-state index in [4.69, 9.17) is 0 Å². The molecule has 3 heterocycles. The maximum atomic E-state index is 13.4. The van der Waals surface area contributed by atoms with Gasteiger partial charge in [0.05, 0.1) is 27.5 Å². The summed E-state index contributed by atoms with van der Waals surface area (Å²) >= 11 is 1.36. The van der Waals surface area contributed by atoms with Crippen LogP contribution in [0.5, 0.6) is 0 Å². The van der Waals surface area contributed by atoms with Crippen LogP contribution in [0.4, 0.5) is 5.13 Å². The van der Waals surface area contributed by atoms with Crippen molar-refractivity contribution in [3.8, 4) is 11.4 Å². The van der Waals surface area contributed by atoms with Gasteiger partial charge in [-0.3, -0.25) is 4.79 Å². The van der Waals surface area contributed by atoms with Gasteiger partial charge < -0.3 is 10.3 Å². The van der Waals surface area contributed by atoms with Crippen LogP contribution in [0.25, 0.3) is 22.4 Å². The fourth-order valence-electron chi connectivity index (χ4n) is 4.02. The van der Waals surface area contributed by atoms with Crippen LogP contribution in [-0.2, 0) is 14.8 Å². The molecule has 4 aromatic rings. The van der Waals surface area contributed by atoms with Gasteiger partial charge in [0, 0.05) is 24.0 Å². The largest absolute Gasteiger partial charge is 0.338 e. The predicted molar refractivity (Wildman–Crippen MR) is 128 cm³/mol. The molecule has 1 amide bonds. The lowest BCUT2D eigenvalue weighted by molar-refractivity contribution is -0.120. The number of nitrogens with zero attached hydrogens (tertiary/aromatic N) is 3. The number of aryl methyl sites for hydroxylation is 1. The number of anilines is 1. The minimum Gasteiger partial charge on any atom is -0.338 e. The van der Waals surface area contributed by atoms with Gasteiger partial charge in [-0.25, -0.2) is 18.4 Å². The Labute approximate surface area is 195 Å². The molecule has 0 bridgehead atoms. The zero-order chi connectivity index (χ0) is 23.0. The fraction of sp³-hybridized carbons (Fsp3) is 0.261. The van der Waals surface area contributed by atoms with Crippen molar-refractivity contribution in [1.29, 1.82) is 0 Å². The standard InChI is InChI=1S/C23H23N5O3S2/c1-15-14-32-23(24-15)27-22(29)17-8-5-11-28(13-17)33(30,31)18-9-10-19-20(12-18)26-21(25-19)16-6-3-2-4-7-16/h2-4,6-7,9-10,12,14,17H,5,8,11,13H2,1H3,(H,25,26)(H,24,27,29)/t17-/m0/s1. The van der Waals surface area contributed by atoms with Crippen LogP contribution < -0.4 is 5.32 Å². The number of thiazole rings is 1. The number of carbonyl (C=O) groups is 1. The van der Waals surface area contributed by atoms with E-state index in [1.54, 1.807) is 18.2 Å². The first kappa shape index (κ1) is 21.7. The molecule has 1 saturated heterocycles. The lowest BCUT2D eigenvalue weighted by Gasteiger charge is -2.31. The molecule has 2 N–H and O–H groups in total. The molecule has 0 radical (unpaired) electrons. The van der Waals surface area contributed by atoms with E-state index >= 15 is 0 Å². The van der Waals surface area contributed by atoms with Crippen LogP contribution in [0.3, 0.4) is 0 Å². The molecule has 1 atom stereocenters. The summed E-state index contributed by atoms with van der Waals surface area (Å²) in [5.74, 6) is 0.0753. The number of aromatic nitrogens is 3. The Hall–Kier alpha value is -3.08. The summed E-state index contributed by atoms with van der Waals surface area (Å²) in [7, 11) is -3.75. The number of piperidine rings is 1. The first-order chi connectivity index (χ1) is 15.9. The Balaban J connectivity index is 1.36. The molecule has 10 heteroatoms. The number of hydrogen-bond acceptors (Lipinski definition) is 6. The number of sulfonamides is 1. The topological polar surface area (TPSA) is 108 Å². The molecular weight excluding hydrogens is 458 g/mol. The molecule has 2 aromatic heterocycles. The molecule has 170 valence electrons. The van der Waals surface area contributed by atoms with Gasteiger partial charge in [-0.05, 0) is 38.0 Å². The van der Waals surface area contributed by atoms with Crippen LogP contribution in [0.1, 0.15) is 18.5 Å². The number of fused-ring (bicyclic) bond motifs is 1. The van der Waals surface area contributed by atoms with Crippen molar-refractivity contribution in [3.05, 3.63) is 59.6 Å². The van der Waals surface area contributed by atoms with Crippen molar-refractivity contribution in [2.24, 2.45) is 5.92 Å². The molecule has 1 aliphatic heterocycles. The highest BCUT2D eigenvalue weighted by atomic mass is 32.2. The lowest BCUT2D eigenvalue weighted by atomic mass is 9.99. The van der Waals surface area contributed by atoms with E-state index in [1.807, 2.05) is 42.6 Å². The van der Waals surface area contributed by atoms with E-state index in [1.165, 1.54) is 15.6 Å². The zero-order valence-corrected chi connectivity index (χ0v) is 19.6. The predicted octanol–water partition coefficient (Wildman–Crippen LogP) is 4.03. The molecule has 1 fully saturated rings. The first-order valence-electron chi connectivity index (χ1n) is 10.7. The number of H-pyrrole nitrogens is 1. The van der Waals surface area contributed by atoms with Crippen LogP contribution in [0.15, 0.2) is 58.8 Å². The number of imidazole rings is 1. The molecule has 0 saturated carbocycles. The molecule has 8 nitrogen and oxygen atoms in total. The van der Waals surface area contributed by atoms with Gasteiger partial charge in [0.25, 0.3) is 0 Å². The molecule has 2 aromatic carbocycles. The van der Waals surface area contributed by atoms with Crippen molar-refractivity contribution in [3.63, 3.8) is 0 Å². The number of benzene rings is 2. The second-order valence-corrected chi connectivity index (χ2v) is 10.9. The van der Waals surface area contributed by atoms with Crippen molar-refractivity contribution >= 4 is 43.4 Å². The first-order valence-corrected chi connectivity index (χ1v) is 13.0. The van der Waals surface area contributed by atoms with Crippen LogP contribution in [0, 0.1) is 12.8 Å². The minimum atomic E-state index is -3.75. The SMILES string of the molecule is Cc1csc(NC(=O)[C@H]2CCCN(S(=O)(=O)c3ccc4nc(-c5ccccc5)[nH]c4c3)C2)n1. The molecule has 0 spiro atoms. The molecule has 33 heavy (non-hydrogen) atoms. The summed E-state index contributed by atoms with van der Waals surface area (Å²) in [6, 6.07) is 14.6. The highest BCUT2D eigenvalue weighted by Gasteiger charge is 2.33. The lowest BCUT2D eigenvalue weighted by Crippen LogP contribution is -2.43. The van der Waals surface area contributed by atoms with E-state index in [2.05, 4.69) is 20.3 Å². The highest BCUT2D eigenvalue weighted by Crippen LogP contribution is 2.28. The summed E-state index contributed by atoms with van der Waals surface area (Å²) in [4.78, 5) is 25.0. The Kier molecular flexibility index (Phi) is 5.73. The van der Waals surface area contributed by atoms with Gasteiger partial charge in [-0.2, -0.15) is 4.31 Å². The second-order valence-electron chi connectivity index (χ2n) is 8.12. The zero-order valence-electron chi connectivity index (χ0n) is 18.0. The van der Waals surface area contributed by atoms with Crippen LogP contribution >= 0.6 is 11.3 Å². The van der Waals surface area contributed by atoms with Gasteiger partial charge in [0.2, 0.25) is 15.9 Å². The van der Waals surface area contributed by atoms with E-state index in [9.17, 15) is 13.2 Å². The highest BCUT2D eigenvalue weighted by molar-refractivity contribution is 7.89. The molecular formula is C23H23N5O3S2. The molecule has 1 aliphatic rings. The summed E-state index contributed by atoms with van der Waals surface area (Å²) in [5, 5.41) is 5.22. The Morgan fingerprint density at radius 2 is 2.00 bits per heavy atom. The number of hydrogen-bond donors (Lipinski definition) is 2. The number of nitrogens with one attached hydrogen (secondary N) is 2. The minimum absolute atomic E-state index is 0.148. The summed E-state index contributed by atoms with van der Waals surface area (Å²) < 4.78 is 28.2. The Morgan fingerprint density at radius 1 is 1.18 bits per heavy atom. The average molecular weight is 482 g/mol. The number of carbonyl (C=O) groups excluding carboxylic acids is 1. The quantitative estimate of drug-likeness (QED) is 0.447. The Morgan fingerprint density at radius 3 is 2.76 bits per heavy atom. The van der Waals surface area contributed by atoms with Crippen molar-refractivity contribution in [2.45, 2.75) is 24.7 Å². The number of aromatic amines is 1. The number of amides is 1. The third-order valence-corrected chi connectivity index (χ3v) is 8.48. The van der Waals surface area contributed by atoms with Crippen molar-refractivity contribution < 1.29 is 13.2 Å². The fourth-order valence-corrected chi connectivity index (χ4v) is 6.27. The van der Waals surface area contributed by atoms with Gasteiger partial charge in [0.1, 0.15) is 5.82 Å². The van der Waals surface area contributed by atoms with Crippen LogP contribution in [0.2, 0.25) is 0 Å². The third-order valence-electron chi connectivity index (χ3n) is 5.74. The van der Waals surface area contributed by atoms with E-state index in [-0.39, 0.29) is 17.3 Å². The summed E-state index contributed by atoms with van der Waals surface area (Å²) in [6.45, 7) is 2.40. The smallest absolute Gasteiger partial charge is 0.243 e. The third kappa shape index (κ3) is 4.41. The second kappa shape index (κ2) is 8.69. The molecule has 0 aliphatic carbocycles. The summed E-state index contributed by atoms with van der Waals surface area (Å²) in [5.41, 5.74) is 3.12. The average Bonchev–Trinajstić information content (AvgIpc) is 3.45.